The second kappa shape index (κ2) is 5.10. The van der Waals surface area contributed by atoms with Crippen LogP contribution in [-0.2, 0) is 0 Å². The maximum atomic E-state index is 10.9. The number of nitrogen functional groups attached to an aromatic ring is 1. The first-order valence-electron chi connectivity index (χ1n) is 5.41. The van der Waals surface area contributed by atoms with Crippen LogP contribution in [0.5, 0.6) is 11.5 Å². The number of nitriles is 1. The highest BCUT2D eigenvalue weighted by molar-refractivity contribution is 5.95. The van der Waals surface area contributed by atoms with Gasteiger partial charge in [0.15, 0.2) is 5.75 Å². The Bertz CT molecular complexity index is 657. The summed E-state index contributed by atoms with van der Waals surface area (Å²) in [4.78, 5) is 10.9. The van der Waals surface area contributed by atoms with Gasteiger partial charge in [-0.3, -0.25) is 0 Å². The molecule has 0 bridgehead atoms. The van der Waals surface area contributed by atoms with Crippen molar-refractivity contribution in [2.24, 2.45) is 0 Å². The van der Waals surface area contributed by atoms with Crippen LogP contribution >= 0.6 is 0 Å². The molecule has 0 aliphatic carbocycles. The van der Waals surface area contributed by atoms with Crippen molar-refractivity contribution in [3.63, 3.8) is 0 Å². The van der Waals surface area contributed by atoms with Crippen LogP contribution in [0.2, 0.25) is 0 Å². The van der Waals surface area contributed by atoms with Crippen LogP contribution in [0.1, 0.15) is 15.9 Å². The smallest absolute Gasteiger partial charge is 0.337 e. The number of carboxylic acid groups (broad SMARTS) is 1. The molecule has 0 aliphatic heterocycles. The fourth-order valence-corrected chi connectivity index (χ4v) is 1.54. The Morgan fingerprint density at radius 3 is 2.47 bits per heavy atom. The van der Waals surface area contributed by atoms with E-state index in [1.54, 1.807) is 36.4 Å². The predicted molar refractivity (Wildman–Crippen MR) is 69.0 cm³/mol. The van der Waals surface area contributed by atoms with Gasteiger partial charge in [0.25, 0.3) is 0 Å². The summed E-state index contributed by atoms with van der Waals surface area (Å²) in [5.74, 6) is -0.361. The van der Waals surface area contributed by atoms with E-state index in [2.05, 4.69) is 0 Å². The third-order valence-corrected chi connectivity index (χ3v) is 2.51. The lowest BCUT2D eigenvalue weighted by Crippen LogP contribution is -2.03. The number of carboxylic acids is 1. The molecule has 5 heteroatoms. The first-order chi connectivity index (χ1) is 9.11. The van der Waals surface area contributed by atoms with Crippen LogP contribution < -0.4 is 10.5 Å². The molecular weight excluding hydrogens is 244 g/mol. The van der Waals surface area contributed by atoms with Gasteiger partial charge in [-0.1, -0.05) is 6.07 Å². The Hall–Kier alpha value is -3.00. The highest BCUT2D eigenvalue weighted by Crippen LogP contribution is 2.30. The fraction of sp³-hybridized carbons (Fsp3) is 0. The van der Waals surface area contributed by atoms with E-state index in [0.29, 0.717) is 11.3 Å². The van der Waals surface area contributed by atoms with E-state index >= 15 is 0 Å². The summed E-state index contributed by atoms with van der Waals surface area (Å²) in [5, 5.41) is 17.6. The van der Waals surface area contributed by atoms with Crippen molar-refractivity contribution in [1.82, 2.24) is 0 Å². The third kappa shape index (κ3) is 2.64. The van der Waals surface area contributed by atoms with Crippen LogP contribution in [0, 0.1) is 11.3 Å². The number of ether oxygens (including phenoxy) is 1. The Morgan fingerprint density at radius 1 is 1.21 bits per heavy atom. The van der Waals surface area contributed by atoms with Gasteiger partial charge in [0, 0.05) is 0 Å². The summed E-state index contributed by atoms with van der Waals surface area (Å²) < 4.78 is 5.50. The third-order valence-electron chi connectivity index (χ3n) is 2.51. The molecule has 0 saturated heterocycles. The number of carbonyl (C=O) groups is 1. The van der Waals surface area contributed by atoms with Gasteiger partial charge in [0.1, 0.15) is 5.75 Å². The van der Waals surface area contributed by atoms with Crippen molar-refractivity contribution in [2.45, 2.75) is 0 Å². The molecule has 0 unspecified atom stereocenters. The zero-order valence-electron chi connectivity index (χ0n) is 9.83. The number of benzene rings is 2. The highest BCUT2D eigenvalue weighted by atomic mass is 16.5. The molecule has 0 saturated carbocycles. The van der Waals surface area contributed by atoms with Crippen molar-refractivity contribution in [2.75, 3.05) is 5.73 Å². The molecule has 5 nitrogen and oxygen atoms in total. The Morgan fingerprint density at radius 2 is 1.89 bits per heavy atom. The zero-order chi connectivity index (χ0) is 13.8. The number of hydrogen-bond donors (Lipinski definition) is 2. The second-order valence-corrected chi connectivity index (χ2v) is 3.76. The van der Waals surface area contributed by atoms with Gasteiger partial charge in [0.2, 0.25) is 0 Å². The summed E-state index contributed by atoms with van der Waals surface area (Å²) in [5.41, 5.74) is 6.30. The molecule has 0 aromatic heterocycles. The molecule has 2 aromatic carbocycles. The molecule has 94 valence electrons. The molecule has 0 amide bonds. The van der Waals surface area contributed by atoms with E-state index in [9.17, 15) is 4.79 Å². The maximum absolute atomic E-state index is 10.9. The number of para-hydroxylation sites is 1. The largest absolute Gasteiger partial charge is 0.478 e. The lowest BCUT2D eigenvalue weighted by atomic mass is 10.1. The van der Waals surface area contributed by atoms with Gasteiger partial charge < -0.3 is 15.6 Å². The number of hydrogen-bond acceptors (Lipinski definition) is 4. The Labute approximate surface area is 109 Å². The van der Waals surface area contributed by atoms with E-state index < -0.39 is 5.97 Å². The quantitative estimate of drug-likeness (QED) is 0.820. The van der Waals surface area contributed by atoms with Gasteiger partial charge in [-0.2, -0.15) is 5.26 Å². The van der Waals surface area contributed by atoms with E-state index in [1.165, 1.54) is 6.07 Å². The maximum Gasteiger partial charge on any atom is 0.337 e. The van der Waals surface area contributed by atoms with Gasteiger partial charge in [0.05, 0.1) is 22.9 Å². The molecule has 19 heavy (non-hydrogen) atoms. The summed E-state index contributed by atoms with van der Waals surface area (Å²) in [7, 11) is 0. The van der Waals surface area contributed by atoms with Crippen molar-refractivity contribution >= 4 is 11.7 Å². The lowest BCUT2D eigenvalue weighted by Gasteiger charge is -2.10. The van der Waals surface area contributed by atoms with E-state index in [0.717, 1.165) is 0 Å². The fourth-order valence-electron chi connectivity index (χ4n) is 1.54. The Kier molecular flexibility index (Phi) is 3.35. The van der Waals surface area contributed by atoms with Gasteiger partial charge in [-0.25, -0.2) is 4.79 Å². The summed E-state index contributed by atoms with van der Waals surface area (Å²) >= 11 is 0. The first kappa shape index (κ1) is 12.5. The van der Waals surface area contributed by atoms with Gasteiger partial charge in [-0.05, 0) is 36.4 Å². The summed E-state index contributed by atoms with van der Waals surface area (Å²) in [6, 6.07) is 13.0. The summed E-state index contributed by atoms with van der Waals surface area (Å²) in [6.07, 6.45) is 0. The number of rotatable bonds is 3. The lowest BCUT2D eigenvalue weighted by molar-refractivity contribution is 0.0697. The number of anilines is 1. The van der Waals surface area contributed by atoms with E-state index in [-0.39, 0.29) is 17.0 Å². The first-order valence-corrected chi connectivity index (χ1v) is 5.41. The van der Waals surface area contributed by atoms with E-state index in [4.69, 9.17) is 20.8 Å². The molecule has 0 fully saturated rings. The van der Waals surface area contributed by atoms with Crippen molar-refractivity contribution in [1.29, 1.82) is 5.26 Å². The normalized spacial score (nSPS) is 9.63. The van der Waals surface area contributed by atoms with Crippen molar-refractivity contribution < 1.29 is 14.6 Å². The van der Waals surface area contributed by atoms with E-state index in [1.807, 2.05) is 6.07 Å². The molecule has 3 N–H and O–H groups in total. The predicted octanol–water partition coefficient (Wildman–Crippen LogP) is 2.63. The summed E-state index contributed by atoms with van der Waals surface area (Å²) in [6.45, 7) is 0. The molecule has 0 atom stereocenters. The van der Waals surface area contributed by atoms with Crippen LogP contribution in [0.3, 0.4) is 0 Å². The molecule has 0 radical (unpaired) electrons. The average molecular weight is 254 g/mol. The molecule has 2 aromatic rings. The van der Waals surface area contributed by atoms with Crippen LogP contribution in [-0.4, -0.2) is 11.1 Å². The molecule has 0 heterocycles. The van der Waals surface area contributed by atoms with Crippen LogP contribution in [0.25, 0.3) is 0 Å². The van der Waals surface area contributed by atoms with Gasteiger partial charge >= 0.3 is 5.97 Å². The second-order valence-electron chi connectivity index (χ2n) is 3.76. The average Bonchev–Trinajstić information content (AvgIpc) is 2.41. The number of nitrogens with zero attached hydrogens (tertiary/aromatic N) is 1. The molecule has 0 spiro atoms. The minimum atomic E-state index is -1.11. The number of nitrogens with two attached hydrogens (primary N) is 1. The minimum Gasteiger partial charge on any atom is -0.478 e. The molecule has 0 aliphatic rings. The molecule has 2 rings (SSSR count). The monoisotopic (exact) mass is 254 g/mol. The van der Waals surface area contributed by atoms with Gasteiger partial charge in [-0.15, -0.1) is 0 Å². The van der Waals surface area contributed by atoms with Crippen LogP contribution in [0.4, 0.5) is 5.69 Å². The SMILES string of the molecule is N#Cc1ccc(Oc2cccc(C(=O)O)c2N)cc1. The number of aromatic carboxylic acids is 1. The standard InChI is InChI=1S/C14H10N2O3/c15-8-9-4-6-10(7-5-9)19-12-3-1-2-11(13(12)16)14(17)18/h1-7H,16H2,(H,17,18). The zero-order valence-corrected chi connectivity index (χ0v) is 9.83. The molecular formula is C14H10N2O3. The minimum absolute atomic E-state index is 0.00820. The van der Waals surface area contributed by atoms with Crippen LogP contribution in [0.15, 0.2) is 42.5 Å². The highest BCUT2D eigenvalue weighted by Gasteiger charge is 2.12. The van der Waals surface area contributed by atoms with Crippen molar-refractivity contribution in [3.05, 3.63) is 53.6 Å². The van der Waals surface area contributed by atoms with Crippen molar-refractivity contribution in [3.8, 4) is 17.6 Å². The Balaban J connectivity index is 2.30. The topological polar surface area (TPSA) is 96.3 Å².